The number of alkyl halides is 2. The lowest BCUT2D eigenvalue weighted by Gasteiger charge is -2.22. The SMILES string of the molecule is CN=C(NCCC(=O)NC1CCCCC1)NCc1cc(Cl)ccc1OC(F)F. The Morgan fingerprint density at radius 1 is 1.29 bits per heavy atom. The standard InChI is InChI=1S/C19H27ClF2N4O2/c1-23-19(24-10-9-17(27)26-15-5-3-2-4-6-15)25-12-13-11-14(20)7-8-16(13)28-18(21)22/h7-8,11,15,18H,2-6,9-10,12H2,1H3,(H,26,27)(H2,23,24,25). The number of ether oxygens (including phenoxy) is 1. The number of carbonyl (C=O) groups is 1. The van der Waals surface area contributed by atoms with E-state index in [-0.39, 0.29) is 24.2 Å². The van der Waals surface area contributed by atoms with Crippen LogP contribution >= 0.6 is 11.6 Å². The maximum absolute atomic E-state index is 12.5. The fourth-order valence-corrected chi connectivity index (χ4v) is 3.33. The van der Waals surface area contributed by atoms with E-state index in [4.69, 9.17) is 11.6 Å². The summed E-state index contributed by atoms with van der Waals surface area (Å²) < 4.78 is 29.6. The summed E-state index contributed by atoms with van der Waals surface area (Å²) in [5.74, 6) is 0.514. The summed E-state index contributed by atoms with van der Waals surface area (Å²) >= 11 is 5.94. The van der Waals surface area contributed by atoms with Crippen LogP contribution in [0.3, 0.4) is 0 Å². The van der Waals surface area contributed by atoms with Gasteiger partial charge in [0.05, 0.1) is 0 Å². The molecular weight excluding hydrogens is 390 g/mol. The zero-order chi connectivity index (χ0) is 20.4. The number of nitrogens with zero attached hydrogens (tertiary/aromatic N) is 1. The van der Waals surface area contributed by atoms with E-state index in [0.29, 0.717) is 29.5 Å². The smallest absolute Gasteiger partial charge is 0.387 e. The van der Waals surface area contributed by atoms with Gasteiger partial charge in [-0.3, -0.25) is 9.79 Å². The van der Waals surface area contributed by atoms with Crippen LogP contribution in [0, 0.1) is 0 Å². The summed E-state index contributed by atoms with van der Waals surface area (Å²) in [6, 6.07) is 4.73. The van der Waals surface area contributed by atoms with Crippen LogP contribution in [0.25, 0.3) is 0 Å². The highest BCUT2D eigenvalue weighted by Crippen LogP contribution is 2.24. The third kappa shape index (κ3) is 7.88. The summed E-state index contributed by atoms with van der Waals surface area (Å²) in [5.41, 5.74) is 0.478. The average molecular weight is 417 g/mol. The largest absolute Gasteiger partial charge is 0.434 e. The van der Waals surface area contributed by atoms with Gasteiger partial charge in [-0.05, 0) is 31.0 Å². The van der Waals surface area contributed by atoms with E-state index in [1.807, 2.05) is 0 Å². The number of aliphatic imine (C=N–C) groups is 1. The highest BCUT2D eigenvalue weighted by molar-refractivity contribution is 6.30. The maximum atomic E-state index is 12.5. The Hall–Kier alpha value is -2.09. The van der Waals surface area contributed by atoms with Crippen LogP contribution in [0.2, 0.25) is 5.02 Å². The van der Waals surface area contributed by atoms with Crippen LogP contribution in [0.15, 0.2) is 23.2 Å². The van der Waals surface area contributed by atoms with E-state index >= 15 is 0 Å². The average Bonchev–Trinajstić information content (AvgIpc) is 2.66. The zero-order valence-electron chi connectivity index (χ0n) is 15.9. The van der Waals surface area contributed by atoms with Gasteiger partial charge in [0.25, 0.3) is 0 Å². The van der Waals surface area contributed by atoms with Gasteiger partial charge in [-0.1, -0.05) is 30.9 Å². The lowest BCUT2D eigenvalue weighted by Crippen LogP contribution is -2.41. The van der Waals surface area contributed by atoms with Gasteiger partial charge in [0.1, 0.15) is 5.75 Å². The molecule has 0 heterocycles. The van der Waals surface area contributed by atoms with E-state index < -0.39 is 6.61 Å². The number of nitrogens with one attached hydrogen (secondary N) is 3. The fraction of sp³-hybridized carbons (Fsp3) is 0.579. The van der Waals surface area contributed by atoms with Gasteiger partial charge in [-0.25, -0.2) is 0 Å². The van der Waals surface area contributed by atoms with Crippen LogP contribution in [-0.2, 0) is 11.3 Å². The van der Waals surface area contributed by atoms with Crippen LogP contribution in [0.4, 0.5) is 8.78 Å². The van der Waals surface area contributed by atoms with Crippen molar-refractivity contribution in [1.29, 1.82) is 0 Å². The number of hydrogen-bond acceptors (Lipinski definition) is 3. The highest BCUT2D eigenvalue weighted by atomic mass is 35.5. The molecule has 1 saturated carbocycles. The lowest BCUT2D eigenvalue weighted by molar-refractivity contribution is -0.121. The number of amides is 1. The topological polar surface area (TPSA) is 74.8 Å². The highest BCUT2D eigenvalue weighted by Gasteiger charge is 2.15. The Morgan fingerprint density at radius 2 is 2.04 bits per heavy atom. The molecule has 2 rings (SSSR count). The van der Waals surface area contributed by atoms with Crippen LogP contribution < -0.4 is 20.7 Å². The third-order valence-electron chi connectivity index (χ3n) is 4.52. The van der Waals surface area contributed by atoms with Gasteiger partial charge < -0.3 is 20.7 Å². The first-order valence-electron chi connectivity index (χ1n) is 9.45. The first-order chi connectivity index (χ1) is 13.5. The van der Waals surface area contributed by atoms with Crippen LogP contribution in [-0.4, -0.2) is 38.1 Å². The molecule has 6 nitrogen and oxygen atoms in total. The van der Waals surface area contributed by atoms with Crippen LogP contribution in [0.1, 0.15) is 44.1 Å². The Bertz CT molecular complexity index is 667. The molecule has 0 atom stereocenters. The lowest BCUT2D eigenvalue weighted by atomic mass is 9.95. The molecule has 0 radical (unpaired) electrons. The van der Waals surface area contributed by atoms with Crippen molar-refractivity contribution in [2.75, 3.05) is 13.6 Å². The molecule has 1 aromatic rings. The Balaban J connectivity index is 1.77. The minimum absolute atomic E-state index is 0.0114. The van der Waals surface area contributed by atoms with Crippen molar-refractivity contribution in [2.24, 2.45) is 4.99 Å². The maximum Gasteiger partial charge on any atom is 0.387 e. The van der Waals surface area contributed by atoms with Gasteiger partial charge in [-0.2, -0.15) is 8.78 Å². The van der Waals surface area contributed by atoms with E-state index in [1.165, 1.54) is 31.4 Å². The molecule has 0 bridgehead atoms. The molecule has 1 aromatic carbocycles. The van der Waals surface area contributed by atoms with Crippen molar-refractivity contribution in [3.63, 3.8) is 0 Å². The number of rotatable bonds is 8. The third-order valence-corrected chi connectivity index (χ3v) is 4.76. The summed E-state index contributed by atoms with van der Waals surface area (Å²) in [7, 11) is 1.59. The van der Waals surface area contributed by atoms with E-state index in [2.05, 4.69) is 25.7 Å². The molecule has 0 spiro atoms. The summed E-state index contributed by atoms with van der Waals surface area (Å²) in [5, 5.41) is 9.52. The number of hydrogen-bond donors (Lipinski definition) is 3. The molecule has 28 heavy (non-hydrogen) atoms. The van der Waals surface area contributed by atoms with Crippen molar-refractivity contribution in [2.45, 2.75) is 57.7 Å². The van der Waals surface area contributed by atoms with E-state index in [1.54, 1.807) is 13.1 Å². The minimum Gasteiger partial charge on any atom is -0.434 e. The molecule has 1 amide bonds. The number of halogens is 3. The number of carbonyl (C=O) groups excluding carboxylic acids is 1. The molecule has 0 aliphatic heterocycles. The molecule has 156 valence electrons. The van der Waals surface area contributed by atoms with Crippen molar-refractivity contribution >= 4 is 23.5 Å². The second kappa shape index (κ2) is 11.7. The van der Waals surface area contributed by atoms with Gasteiger partial charge in [0.15, 0.2) is 5.96 Å². The first-order valence-corrected chi connectivity index (χ1v) is 9.83. The molecule has 1 aliphatic rings. The predicted molar refractivity (Wildman–Crippen MR) is 106 cm³/mol. The van der Waals surface area contributed by atoms with Crippen molar-refractivity contribution in [3.8, 4) is 5.75 Å². The molecular formula is C19H27ClF2N4O2. The van der Waals surface area contributed by atoms with E-state index in [9.17, 15) is 13.6 Å². The molecule has 3 N–H and O–H groups in total. The van der Waals surface area contributed by atoms with Crippen molar-refractivity contribution < 1.29 is 18.3 Å². The van der Waals surface area contributed by atoms with Gasteiger partial charge in [0, 0.05) is 43.2 Å². The molecule has 0 unspecified atom stereocenters. The van der Waals surface area contributed by atoms with Crippen LogP contribution in [0.5, 0.6) is 5.75 Å². The van der Waals surface area contributed by atoms with Crippen molar-refractivity contribution in [3.05, 3.63) is 28.8 Å². The number of guanidine groups is 1. The zero-order valence-corrected chi connectivity index (χ0v) is 16.7. The van der Waals surface area contributed by atoms with Gasteiger partial charge in [0.2, 0.25) is 5.91 Å². The molecule has 9 heteroatoms. The Labute approximate surface area is 169 Å². The normalized spacial score (nSPS) is 15.4. The Morgan fingerprint density at radius 3 is 2.71 bits per heavy atom. The second-order valence-electron chi connectivity index (χ2n) is 6.64. The Kier molecular flexibility index (Phi) is 9.27. The number of benzene rings is 1. The fourth-order valence-electron chi connectivity index (χ4n) is 3.14. The molecule has 0 saturated heterocycles. The summed E-state index contributed by atoms with van der Waals surface area (Å²) in [6.07, 6.45) is 6.00. The molecule has 1 fully saturated rings. The molecule has 0 aromatic heterocycles. The quantitative estimate of drug-likeness (QED) is 0.448. The van der Waals surface area contributed by atoms with Crippen molar-refractivity contribution in [1.82, 2.24) is 16.0 Å². The van der Waals surface area contributed by atoms with Gasteiger partial charge in [-0.15, -0.1) is 0 Å². The predicted octanol–water partition coefficient (Wildman–Crippen LogP) is 3.45. The first kappa shape index (κ1) is 22.2. The second-order valence-corrected chi connectivity index (χ2v) is 7.07. The molecule has 1 aliphatic carbocycles. The minimum atomic E-state index is -2.92. The summed E-state index contributed by atoms with van der Waals surface area (Å²) in [6.45, 7) is -2.31. The van der Waals surface area contributed by atoms with E-state index in [0.717, 1.165) is 12.8 Å². The van der Waals surface area contributed by atoms with Gasteiger partial charge >= 0.3 is 6.61 Å². The monoisotopic (exact) mass is 416 g/mol. The summed E-state index contributed by atoms with van der Waals surface area (Å²) in [4.78, 5) is 16.1.